The van der Waals surface area contributed by atoms with Gasteiger partial charge in [-0.1, -0.05) is 73.6 Å². The van der Waals surface area contributed by atoms with Crippen molar-refractivity contribution in [3.8, 4) is 0 Å². The lowest BCUT2D eigenvalue weighted by Crippen LogP contribution is -2.42. The van der Waals surface area contributed by atoms with Crippen molar-refractivity contribution in [1.82, 2.24) is 9.97 Å². The molecule has 0 fully saturated rings. The molecule has 1 aromatic heterocycles. The SMILES string of the molecule is CCB(c1cccc(C(F)(F)F)c1)c1ccccc1SC.CCc1cnc[nH]1. The average Bonchev–Trinajstić information content (AvgIpc) is 3.23. The number of nitrogens with one attached hydrogen (secondary N) is 1. The zero-order chi connectivity index (χ0) is 20.6. The lowest BCUT2D eigenvalue weighted by atomic mass is 9.39. The van der Waals surface area contributed by atoms with Crippen molar-refractivity contribution < 1.29 is 13.2 Å². The number of H-pyrrole nitrogens is 1. The summed E-state index contributed by atoms with van der Waals surface area (Å²) < 4.78 is 38.6. The molecular formula is C21H24BF3N2S. The molecule has 0 amide bonds. The Balaban J connectivity index is 0.000000336. The summed E-state index contributed by atoms with van der Waals surface area (Å²) in [6.07, 6.45) is 3.02. The molecule has 0 aliphatic heterocycles. The number of aromatic nitrogens is 2. The molecule has 0 atom stereocenters. The summed E-state index contributed by atoms with van der Waals surface area (Å²) in [6, 6.07) is 13.6. The molecule has 2 aromatic carbocycles. The molecule has 148 valence electrons. The number of halogens is 3. The molecule has 0 aliphatic rings. The molecule has 0 bridgehead atoms. The van der Waals surface area contributed by atoms with Crippen LogP contribution in [0.3, 0.4) is 0 Å². The molecule has 28 heavy (non-hydrogen) atoms. The van der Waals surface area contributed by atoms with E-state index < -0.39 is 11.7 Å². The normalized spacial score (nSPS) is 10.9. The van der Waals surface area contributed by atoms with Gasteiger partial charge in [-0.25, -0.2) is 4.98 Å². The van der Waals surface area contributed by atoms with Crippen LogP contribution >= 0.6 is 11.8 Å². The number of thioether (sulfide) groups is 1. The Labute approximate surface area is 169 Å². The molecule has 0 saturated carbocycles. The van der Waals surface area contributed by atoms with Gasteiger partial charge in [0.2, 0.25) is 6.71 Å². The standard InChI is InChI=1S/C16H16BF3S.C5H8N2/c1-3-17(14-9-4-5-10-15(14)21-2)13-8-6-7-12(11-13)16(18,19)20;1-2-5-3-6-4-7-5/h4-11H,3H2,1-2H3;3-4H,2H2,1H3,(H,6,7). The van der Waals surface area contributed by atoms with E-state index in [0.29, 0.717) is 5.46 Å². The molecular weight excluding hydrogens is 380 g/mol. The molecule has 3 rings (SSSR count). The fraction of sp³-hybridized carbons (Fsp3) is 0.286. The third kappa shape index (κ3) is 5.93. The van der Waals surface area contributed by atoms with Gasteiger partial charge in [0, 0.05) is 16.8 Å². The number of hydrogen-bond acceptors (Lipinski definition) is 2. The first kappa shape index (κ1) is 22.1. The molecule has 1 heterocycles. The van der Waals surface area contributed by atoms with Crippen LogP contribution in [0.5, 0.6) is 0 Å². The van der Waals surface area contributed by atoms with Gasteiger partial charge in [0.15, 0.2) is 0 Å². The summed E-state index contributed by atoms with van der Waals surface area (Å²) in [5, 5.41) is 0. The Morgan fingerprint density at radius 3 is 2.36 bits per heavy atom. The highest BCUT2D eigenvalue weighted by Crippen LogP contribution is 2.28. The van der Waals surface area contributed by atoms with Gasteiger partial charge in [-0.2, -0.15) is 13.2 Å². The van der Waals surface area contributed by atoms with Crippen LogP contribution in [-0.4, -0.2) is 22.9 Å². The monoisotopic (exact) mass is 404 g/mol. The number of rotatable bonds is 5. The Bertz CT molecular complexity index is 851. The van der Waals surface area contributed by atoms with Gasteiger partial charge in [-0.15, -0.1) is 11.8 Å². The van der Waals surface area contributed by atoms with Crippen LogP contribution in [0, 0.1) is 0 Å². The Kier molecular flexibility index (Phi) is 8.24. The first-order chi connectivity index (χ1) is 13.4. The molecule has 1 N–H and O–H groups in total. The minimum Gasteiger partial charge on any atom is -0.349 e. The number of benzene rings is 2. The maximum atomic E-state index is 12.9. The smallest absolute Gasteiger partial charge is 0.349 e. The van der Waals surface area contributed by atoms with Crippen molar-refractivity contribution in [2.45, 2.75) is 37.7 Å². The highest BCUT2D eigenvalue weighted by Gasteiger charge is 2.31. The van der Waals surface area contributed by atoms with Gasteiger partial charge >= 0.3 is 6.18 Å². The van der Waals surface area contributed by atoms with Crippen LogP contribution < -0.4 is 10.9 Å². The maximum Gasteiger partial charge on any atom is 0.416 e. The number of aryl methyl sites for hydroxylation is 1. The molecule has 0 spiro atoms. The summed E-state index contributed by atoms with van der Waals surface area (Å²) in [6.45, 7) is 4.08. The lowest BCUT2D eigenvalue weighted by Gasteiger charge is -2.17. The van der Waals surface area contributed by atoms with E-state index in [-0.39, 0.29) is 6.71 Å². The second-order valence-electron chi connectivity index (χ2n) is 6.26. The van der Waals surface area contributed by atoms with E-state index in [0.717, 1.165) is 29.2 Å². The van der Waals surface area contributed by atoms with Gasteiger partial charge in [-0.05, 0) is 18.7 Å². The Hall–Kier alpha value is -2.15. The third-order valence-electron chi connectivity index (χ3n) is 4.47. The van der Waals surface area contributed by atoms with E-state index in [1.54, 1.807) is 24.2 Å². The zero-order valence-electron chi connectivity index (χ0n) is 16.3. The second-order valence-corrected chi connectivity index (χ2v) is 7.10. The van der Waals surface area contributed by atoms with Crippen molar-refractivity contribution in [1.29, 1.82) is 0 Å². The van der Waals surface area contributed by atoms with Crippen molar-refractivity contribution >= 4 is 29.4 Å². The molecule has 7 heteroatoms. The van der Waals surface area contributed by atoms with E-state index in [1.165, 1.54) is 17.8 Å². The van der Waals surface area contributed by atoms with Crippen LogP contribution in [-0.2, 0) is 12.6 Å². The van der Waals surface area contributed by atoms with Crippen molar-refractivity contribution in [3.05, 3.63) is 72.3 Å². The van der Waals surface area contributed by atoms with Gasteiger partial charge in [0.1, 0.15) is 0 Å². The molecule has 0 saturated heterocycles. The van der Waals surface area contributed by atoms with Gasteiger partial charge in [-0.3, -0.25) is 0 Å². The molecule has 0 radical (unpaired) electrons. The average molecular weight is 404 g/mol. The first-order valence-corrected chi connectivity index (χ1v) is 10.4. The topological polar surface area (TPSA) is 28.7 Å². The molecule has 2 nitrogen and oxygen atoms in total. The van der Waals surface area contributed by atoms with E-state index in [4.69, 9.17) is 0 Å². The number of imidazole rings is 1. The predicted molar refractivity (Wildman–Crippen MR) is 113 cm³/mol. The minimum absolute atomic E-state index is 0.0176. The number of nitrogens with zero attached hydrogens (tertiary/aromatic N) is 1. The maximum absolute atomic E-state index is 12.9. The highest BCUT2D eigenvalue weighted by atomic mass is 32.2. The quantitative estimate of drug-likeness (QED) is 0.478. The third-order valence-corrected chi connectivity index (χ3v) is 5.29. The number of aromatic amines is 1. The van der Waals surface area contributed by atoms with Gasteiger partial charge < -0.3 is 4.98 Å². The summed E-state index contributed by atoms with van der Waals surface area (Å²) in [5.74, 6) is 0. The summed E-state index contributed by atoms with van der Waals surface area (Å²) >= 11 is 1.62. The number of hydrogen-bond donors (Lipinski definition) is 1. The van der Waals surface area contributed by atoms with Crippen molar-refractivity contribution in [2.75, 3.05) is 6.26 Å². The van der Waals surface area contributed by atoms with Gasteiger partial charge in [0.25, 0.3) is 0 Å². The zero-order valence-corrected chi connectivity index (χ0v) is 17.1. The van der Waals surface area contributed by atoms with Crippen LogP contribution in [0.4, 0.5) is 13.2 Å². The fourth-order valence-corrected chi connectivity index (χ4v) is 3.66. The van der Waals surface area contributed by atoms with E-state index in [9.17, 15) is 13.2 Å². The van der Waals surface area contributed by atoms with Gasteiger partial charge in [0.05, 0.1) is 11.9 Å². The van der Waals surface area contributed by atoms with Crippen LogP contribution in [0.15, 0.2) is 66.0 Å². The van der Waals surface area contributed by atoms with Crippen molar-refractivity contribution in [2.24, 2.45) is 0 Å². The fourth-order valence-electron chi connectivity index (χ4n) is 3.00. The Morgan fingerprint density at radius 1 is 1.07 bits per heavy atom. The highest BCUT2D eigenvalue weighted by molar-refractivity contribution is 7.98. The van der Waals surface area contributed by atoms with Crippen molar-refractivity contribution in [3.63, 3.8) is 0 Å². The molecule has 3 aromatic rings. The number of alkyl halides is 3. The lowest BCUT2D eigenvalue weighted by molar-refractivity contribution is -0.137. The Morgan fingerprint density at radius 2 is 1.82 bits per heavy atom. The summed E-state index contributed by atoms with van der Waals surface area (Å²) in [5.41, 5.74) is 2.42. The summed E-state index contributed by atoms with van der Waals surface area (Å²) in [7, 11) is 0. The van der Waals surface area contributed by atoms with Crippen LogP contribution in [0.1, 0.15) is 25.1 Å². The predicted octanol–water partition coefficient (Wildman–Crippen LogP) is 5.03. The molecule has 0 aliphatic carbocycles. The van der Waals surface area contributed by atoms with Crippen LogP contribution in [0.25, 0.3) is 0 Å². The first-order valence-electron chi connectivity index (χ1n) is 9.18. The molecule has 0 unspecified atom stereocenters. The van der Waals surface area contributed by atoms with E-state index in [1.807, 2.05) is 43.6 Å². The van der Waals surface area contributed by atoms with Crippen LogP contribution in [0.2, 0.25) is 6.32 Å². The minimum atomic E-state index is -4.30. The largest absolute Gasteiger partial charge is 0.416 e. The van der Waals surface area contributed by atoms with E-state index >= 15 is 0 Å². The van der Waals surface area contributed by atoms with E-state index in [2.05, 4.69) is 16.9 Å². The second kappa shape index (κ2) is 10.4. The summed E-state index contributed by atoms with van der Waals surface area (Å²) in [4.78, 5) is 7.93.